The van der Waals surface area contributed by atoms with Crippen molar-refractivity contribution < 1.29 is 0 Å². The van der Waals surface area contributed by atoms with Crippen LogP contribution in [-0.4, -0.2) is 31.1 Å². The largest absolute Gasteiger partial charge is 0.309 e. The topological polar surface area (TPSA) is 15.3 Å². The summed E-state index contributed by atoms with van der Waals surface area (Å²) in [4.78, 5) is 2.46. The van der Waals surface area contributed by atoms with Crippen molar-refractivity contribution in [3.05, 3.63) is 35.4 Å². The summed E-state index contributed by atoms with van der Waals surface area (Å²) in [6.07, 6.45) is 2.38. The Morgan fingerprint density at radius 3 is 2.94 bits per heavy atom. The lowest BCUT2D eigenvalue weighted by Crippen LogP contribution is -2.40. The third-order valence-electron chi connectivity index (χ3n) is 4.03. The van der Waals surface area contributed by atoms with Gasteiger partial charge in [-0.3, -0.25) is 0 Å². The Kier molecular flexibility index (Phi) is 4.19. The first-order valence-electron chi connectivity index (χ1n) is 6.73. The first-order chi connectivity index (χ1) is 8.22. The van der Waals surface area contributed by atoms with Crippen molar-refractivity contribution >= 4 is 0 Å². The Bertz CT molecular complexity index is 362. The van der Waals surface area contributed by atoms with Crippen molar-refractivity contribution in [2.24, 2.45) is 0 Å². The lowest BCUT2D eigenvalue weighted by atomic mass is 9.94. The third-order valence-corrected chi connectivity index (χ3v) is 4.03. The van der Waals surface area contributed by atoms with E-state index in [0.717, 1.165) is 13.1 Å². The maximum absolute atomic E-state index is 3.64. The van der Waals surface area contributed by atoms with E-state index in [1.807, 2.05) is 0 Å². The fourth-order valence-electron chi connectivity index (χ4n) is 2.54. The second-order valence-electron chi connectivity index (χ2n) is 5.15. The molecule has 2 rings (SSSR count). The Labute approximate surface area is 105 Å². The summed E-state index contributed by atoms with van der Waals surface area (Å²) in [5, 5.41) is 3.64. The number of benzene rings is 1. The minimum absolute atomic E-state index is 0.499. The van der Waals surface area contributed by atoms with Crippen LogP contribution in [0.4, 0.5) is 0 Å². The second kappa shape index (κ2) is 5.65. The van der Waals surface area contributed by atoms with Gasteiger partial charge in [0, 0.05) is 18.6 Å². The molecule has 0 aromatic heterocycles. The fourth-order valence-corrected chi connectivity index (χ4v) is 2.54. The Hall–Kier alpha value is -0.860. The highest BCUT2D eigenvalue weighted by Crippen LogP contribution is 2.23. The molecule has 1 aliphatic heterocycles. The molecule has 1 N–H and O–H groups in total. The molecule has 0 spiro atoms. The fraction of sp³-hybridized carbons (Fsp3) is 0.600. The third kappa shape index (κ3) is 2.88. The first kappa shape index (κ1) is 12.6. The van der Waals surface area contributed by atoms with E-state index in [1.54, 1.807) is 0 Å². The van der Waals surface area contributed by atoms with Crippen molar-refractivity contribution in [3.8, 4) is 0 Å². The molecule has 2 nitrogen and oxygen atoms in total. The molecule has 17 heavy (non-hydrogen) atoms. The Balaban J connectivity index is 2.08. The van der Waals surface area contributed by atoms with E-state index in [9.17, 15) is 0 Å². The van der Waals surface area contributed by atoms with Gasteiger partial charge in [-0.1, -0.05) is 31.2 Å². The number of rotatable bonds is 4. The molecular weight excluding hydrogens is 208 g/mol. The van der Waals surface area contributed by atoms with Gasteiger partial charge < -0.3 is 10.2 Å². The number of hydrogen-bond acceptors (Lipinski definition) is 2. The SMILES string of the molecule is CCC(C)N(C)CC1NCCc2ccccc21. The molecule has 1 heterocycles. The van der Waals surface area contributed by atoms with Gasteiger partial charge in [-0.05, 0) is 44.5 Å². The van der Waals surface area contributed by atoms with Crippen LogP contribution in [0.2, 0.25) is 0 Å². The van der Waals surface area contributed by atoms with Crippen molar-refractivity contribution in [3.63, 3.8) is 0 Å². The van der Waals surface area contributed by atoms with E-state index < -0.39 is 0 Å². The summed E-state index contributed by atoms with van der Waals surface area (Å²) < 4.78 is 0. The molecule has 0 saturated carbocycles. The average Bonchev–Trinajstić information content (AvgIpc) is 2.38. The molecule has 1 aromatic rings. The van der Waals surface area contributed by atoms with Gasteiger partial charge in [0.1, 0.15) is 0 Å². The minimum atomic E-state index is 0.499. The monoisotopic (exact) mass is 232 g/mol. The number of fused-ring (bicyclic) bond motifs is 1. The number of nitrogens with zero attached hydrogens (tertiary/aromatic N) is 1. The van der Waals surface area contributed by atoms with Gasteiger partial charge in [-0.2, -0.15) is 0 Å². The summed E-state index contributed by atoms with van der Waals surface area (Å²) in [7, 11) is 2.23. The highest BCUT2D eigenvalue weighted by molar-refractivity contribution is 5.32. The van der Waals surface area contributed by atoms with Gasteiger partial charge in [0.2, 0.25) is 0 Å². The highest BCUT2D eigenvalue weighted by atomic mass is 15.1. The molecule has 94 valence electrons. The molecule has 0 saturated heterocycles. The van der Waals surface area contributed by atoms with Crippen LogP contribution >= 0.6 is 0 Å². The van der Waals surface area contributed by atoms with Gasteiger partial charge in [0.05, 0.1) is 0 Å². The van der Waals surface area contributed by atoms with Crippen LogP contribution in [-0.2, 0) is 6.42 Å². The van der Waals surface area contributed by atoms with Crippen LogP contribution < -0.4 is 5.32 Å². The van der Waals surface area contributed by atoms with Crippen LogP contribution in [0, 0.1) is 0 Å². The standard InChI is InChI=1S/C15H24N2/c1-4-12(2)17(3)11-15-14-8-6-5-7-13(14)9-10-16-15/h5-8,12,15-16H,4,9-11H2,1-3H3. The summed E-state index contributed by atoms with van der Waals surface area (Å²) in [5.74, 6) is 0. The Morgan fingerprint density at radius 2 is 2.18 bits per heavy atom. The smallest absolute Gasteiger partial charge is 0.0452 e. The van der Waals surface area contributed by atoms with Crippen molar-refractivity contribution in [1.29, 1.82) is 0 Å². The normalized spacial score (nSPS) is 21.3. The predicted octanol–water partition coefficient (Wildman–Crippen LogP) is 2.60. The molecule has 0 radical (unpaired) electrons. The van der Waals surface area contributed by atoms with Gasteiger partial charge >= 0.3 is 0 Å². The number of nitrogens with one attached hydrogen (secondary N) is 1. The number of hydrogen-bond donors (Lipinski definition) is 1. The highest BCUT2D eigenvalue weighted by Gasteiger charge is 2.21. The molecule has 1 aliphatic rings. The van der Waals surface area contributed by atoms with Crippen LogP contribution in [0.15, 0.2) is 24.3 Å². The van der Waals surface area contributed by atoms with E-state index in [0.29, 0.717) is 12.1 Å². The molecule has 1 aromatic carbocycles. The van der Waals surface area contributed by atoms with E-state index >= 15 is 0 Å². The van der Waals surface area contributed by atoms with Gasteiger partial charge in [0.15, 0.2) is 0 Å². The van der Waals surface area contributed by atoms with Crippen LogP contribution in [0.3, 0.4) is 0 Å². The van der Waals surface area contributed by atoms with Crippen LogP contribution in [0.5, 0.6) is 0 Å². The summed E-state index contributed by atoms with van der Waals surface area (Å²) in [6, 6.07) is 10.0. The molecule has 0 fully saturated rings. The van der Waals surface area contributed by atoms with Crippen molar-refractivity contribution in [2.75, 3.05) is 20.1 Å². The molecule has 0 bridgehead atoms. The zero-order chi connectivity index (χ0) is 12.3. The van der Waals surface area contributed by atoms with Crippen LogP contribution in [0.25, 0.3) is 0 Å². The second-order valence-corrected chi connectivity index (χ2v) is 5.15. The molecule has 0 amide bonds. The molecule has 0 aliphatic carbocycles. The Morgan fingerprint density at radius 1 is 1.41 bits per heavy atom. The zero-order valence-corrected chi connectivity index (χ0v) is 11.2. The summed E-state index contributed by atoms with van der Waals surface area (Å²) in [6.45, 7) is 6.76. The van der Waals surface area contributed by atoms with E-state index in [2.05, 4.69) is 55.4 Å². The zero-order valence-electron chi connectivity index (χ0n) is 11.2. The van der Waals surface area contributed by atoms with Gasteiger partial charge in [-0.15, -0.1) is 0 Å². The molecule has 2 heteroatoms. The molecular formula is C15H24N2. The lowest BCUT2D eigenvalue weighted by molar-refractivity contribution is 0.221. The van der Waals surface area contributed by atoms with E-state index in [-0.39, 0.29) is 0 Å². The lowest BCUT2D eigenvalue weighted by Gasteiger charge is -2.33. The minimum Gasteiger partial charge on any atom is -0.309 e. The maximum Gasteiger partial charge on any atom is 0.0452 e. The quantitative estimate of drug-likeness (QED) is 0.858. The average molecular weight is 232 g/mol. The predicted molar refractivity (Wildman–Crippen MR) is 73.3 cm³/mol. The maximum atomic E-state index is 3.64. The van der Waals surface area contributed by atoms with Crippen LogP contribution in [0.1, 0.15) is 37.4 Å². The van der Waals surface area contributed by atoms with Gasteiger partial charge in [-0.25, -0.2) is 0 Å². The van der Waals surface area contributed by atoms with E-state index in [4.69, 9.17) is 0 Å². The van der Waals surface area contributed by atoms with Crippen molar-refractivity contribution in [1.82, 2.24) is 10.2 Å². The van der Waals surface area contributed by atoms with Gasteiger partial charge in [0.25, 0.3) is 0 Å². The first-order valence-corrected chi connectivity index (χ1v) is 6.73. The summed E-state index contributed by atoms with van der Waals surface area (Å²) in [5.41, 5.74) is 3.02. The molecule has 2 unspecified atom stereocenters. The summed E-state index contributed by atoms with van der Waals surface area (Å²) >= 11 is 0. The van der Waals surface area contributed by atoms with Crippen molar-refractivity contribution in [2.45, 2.75) is 38.8 Å². The van der Waals surface area contributed by atoms with E-state index in [1.165, 1.54) is 24.0 Å². The number of likely N-dealkylation sites (N-methyl/N-ethyl adjacent to an activating group) is 1. The molecule has 2 atom stereocenters.